The van der Waals surface area contributed by atoms with Gasteiger partial charge >= 0.3 is 0 Å². The van der Waals surface area contributed by atoms with Crippen molar-refractivity contribution in [3.8, 4) is 11.5 Å². The van der Waals surface area contributed by atoms with E-state index in [-0.39, 0.29) is 5.91 Å². The number of halogens is 1. The number of nitrogens with zero attached hydrogens (tertiary/aromatic N) is 2. The lowest BCUT2D eigenvalue weighted by molar-refractivity contribution is -0.114. The van der Waals surface area contributed by atoms with Gasteiger partial charge in [0.1, 0.15) is 11.5 Å². The van der Waals surface area contributed by atoms with Gasteiger partial charge in [-0.25, -0.2) is 0 Å². The molecule has 1 aliphatic heterocycles. The van der Waals surface area contributed by atoms with Crippen molar-refractivity contribution in [3.63, 3.8) is 0 Å². The second-order valence-electron chi connectivity index (χ2n) is 5.48. The lowest BCUT2D eigenvalue weighted by Gasteiger charge is -2.11. The standard InChI is InChI=1S/C19H17ClN2O3/c1-12-18(10-13-8-16(24-2)11-17(9-13)25-3)19(23)22(21-12)15-6-4-14(20)5-7-15/h4-11H,1-3H3/b18-10+. The smallest absolute Gasteiger partial charge is 0.280 e. The monoisotopic (exact) mass is 356 g/mol. The number of ether oxygens (including phenoxy) is 2. The van der Waals surface area contributed by atoms with Crippen molar-refractivity contribution in [1.29, 1.82) is 0 Å². The summed E-state index contributed by atoms with van der Waals surface area (Å²) >= 11 is 5.90. The van der Waals surface area contributed by atoms with Gasteiger partial charge in [0.15, 0.2) is 0 Å². The molecular weight excluding hydrogens is 340 g/mol. The number of carbonyl (C=O) groups excluding carboxylic acids is 1. The average Bonchev–Trinajstić information content (AvgIpc) is 2.90. The molecule has 0 radical (unpaired) electrons. The third-order valence-electron chi connectivity index (χ3n) is 3.82. The largest absolute Gasteiger partial charge is 0.497 e. The fourth-order valence-corrected chi connectivity index (χ4v) is 2.65. The second kappa shape index (κ2) is 6.99. The third-order valence-corrected chi connectivity index (χ3v) is 4.07. The first-order chi connectivity index (χ1) is 12.0. The number of anilines is 1. The molecule has 0 N–H and O–H groups in total. The Kier molecular flexibility index (Phi) is 4.76. The third kappa shape index (κ3) is 3.51. The van der Waals surface area contributed by atoms with E-state index >= 15 is 0 Å². The minimum absolute atomic E-state index is 0.193. The van der Waals surface area contributed by atoms with E-state index in [1.54, 1.807) is 57.6 Å². The van der Waals surface area contributed by atoms with Crippen LogP contribution in [-0.4, -0.2) is 25.8 Å². The molecule has 0 fully saturated rings. The average molecular weight is 357 g/mol. The number of carbonyl (C=O) groups is 1. The quantitative estimate of drug-likeness (QED) is 0.773. The number of methoxy groups -OCH3 is 2. The summed E-state index contributed by atoms with van der Waals surface area (Å²) in [5.74, 6) is 1.11. The van der Waals surface area contributed by atoms with Gasteiger partial charge in [-0.1, -0.05) is 11.6 Å². The highest BCUT2D eigenvalue weighted by molar-refractivity contribution is 6.32. The summed E-state index contributed by atoms with van der Waals surface area (Å²) in [5.41, 5.74) is 2.62. The predicted molar refractivity (Wildman–Crippen MR) is 99.6 cm³/mol. The van der Waals surface area contributed by atoms with Crippen LogP contribution in [0.3, 0.4) is 0 Å². The van der Waals surface area contributed by atoms with E-state index in [4.69, 9.17) is 21.1 Å². The second-order valence-corrected chi connectivity index (χ2v) is 5.92. The van der Waals surface area contributed by atoms with Crippen molar-refractivity contribution in [2.45, 2.75) is 6.92 Å². The Hall–Kier alpha value is -2.79. The Morgan fingerprint density at radius 1 is 1.04 bits per heavy atom. The van der Waals surface area contributed by atoms with Gasteiger partial charge in [0.05, 0.1) is 31.2 Å². The van der Waals surface area contributed by atoms with Crippen LogP contribution in [0.5, 0.6) is 11.5 Å². The molecule has 5 nitrogen and oxygen atoms in total. The van der Waals surface area contributed by atoms with Gasteiger partial charge in [-0.05, 0) is 55.0 Å². The summed E-state index contributed by atoms with van der Waals surface area (Å²) in [6, 6.07) is 12.4. The molecular formula is C19H17ClN2O3. The van der Waals surface area contributed by atoms with E-state index in [1.165, 1.54) is 5.01 Å². The molecule has 0 aromatic heterocycles. The highest BCUT2D eigenvalue weighted by Gasteiger charge is 2.28. The molecule has 1 amide bonds. The first kappa shape index (κ1) is 17.0. The van der Waals surface area contributed by atoms with E-state index in [1.807, 2.05) is 12.1 Å². The fraction of sp³-hybridized carbons (Fsp3) is 0.158. The van der Waals surface area contributed by atoms with Crippen molar-refractivity contribution in [2.75, 3.05) is 19.2 Å². The van der Waals surface area contributed by atoms with Crippen LogP contribution in [0, 0.1) is 0 Å². The van der Waals surface area contributed by atoms with Crippen molar-refractivity contribution in [1.82, 2.24) is 0 Å². The first-order valence-corrected chi connectivity index (χ1v) is 8.00. The van der Waals surface area contributed by atoms with E-state index in [0.29, 0.717) is 33.5 Å². The number of amides is 1. The number of benzene rings is 2. The van der Waals surface area contributed by atoms with Gasteiger partial charge in [-0.2, -0.15) is 10.1 Å². The summed E-state index contributed by atoms with van der Waals surface area (Å²) in [6.07, 6.45) is 1.78. The maximum atomic E-state index is 12.8. The minimum Gasteiger partial charge on any atom is -0.497 e. The summed E-state index contributed by atoms with van der Waals surface area (Å²) in [5, 5.41) is 6.34. The van der Waals surface area contributed by atoms with Gasteiger partial charge < -0.3 is 9.47 Å². The molecule has 0 spiro atoms. The summed E-state index contributed by atoms with van der Waals surface area (Å²) < 4.78 is 10.5. The molecule has 1 aliphatic rings. The lowest BCUT2D eigenvalue weighted by atomic mass is 10.1. The Morgan fingerprint density at radius 2 is 1.64 bits per heavy atom. The van der Waals surface area contributed by atoms with E-state index < -0.39 is 0 Å². The molecule has 25 heavy (non-hydrogen) atoms. The summed E-state index contributed by atoms with van der Waals surface area (Å²) in [7, 11) is 3.17. The van der Waals surface area contributed by atoms with Crippen LogP contribution in [0.25, 0.3) is 6.08 Å². The van der Waals surface area contributed by atoms with Crippen molar-refractivity contribution in [3.05, 3.63) is 58.6 Å². The zero-order valence-electron chi connectivity index (χ0n) is 14.1. The Bertz CT molecular complexity index is 850. The molecule has 0 unspecified atom stereocenters. The Balaban J connectivity index is 1.96. The minimum atomic E-state index is -0.193. The maximum absolute atomic E-state index is 12.8. The number of hydrogen-bond donors (Lipinski definition) is 0. The molecule has 0 saturated heterocycles. The summed E-state index contributed by atoms with van der Waals surface area (Å²) in [4.78, 5) is 12.8. The first-order valence-electron chi connectivity index (χ1n) is 7.62. The molecule has 2 aromatic rings. The van der Waals surface area contributed by atoms with E-state index in [0.717, 1.165) is 5.56 Å². The number of hydrazone groups is 1. The SMILES string of the molecule is COc1cc(/C=C2/C(=O)N(c3ccc(Cl)cc3)N=C2C)cc(OC)c1. The molecule has 3 rings (SSSR count). The van der Waals surface area contributed by atoms with Crippen LogP contribution in [0.4, 0.5) is 5.69 Å². The number of rotatable bonds is 4. The van der Waals surface area contributed by atoms with Gasteiger partial charge in [0.2, 0.25) is 0 Å². The topological polar surface area (TPSA) is 51.1 Å². The molecule has 0 bridgehead atoms. The van der Waals surface area contributed by atoms with Crippen LogP contribution >= 0.6 is 11.6 Å². The van der Waals surface area contributed by atoms with Gasteiger partial charge in [-0.3, -0.25) is 4.79 Å². The van der Waals surface area contributed by atoms with Crippen molar-refractivity contribution in [2.24, 2.45) is 5.10 Å². The van der Waals surface area contributed by atoms with Crippen molar-refractivity contribution >= 4 is 35.0 Å². The molecule has 128 valence electrons. The molecule has 0 atom stereocenters. The normalized spacial score (nSPS) is 15.5. The zero-order valence-corrected chi connectivity index (χ0v) is 14.9. The highest BCUT2D eigenvalue weighted by Crippen LogP contribution is 2.28. The molecule has 1 heterocycles. The van der Waals surface area contributed by atoms with Crippen LogP contribution in [0.15, 0.2) is 53.1 Å². The molecule has 2 aromatic carbocycles. The molecule has 0 saturated carbocycles. The Morgan fingerprint density at radius 3 is 2.20 bits per heavy atom. The van der Waals surface area contributed by atoms with Gasteiger partial charge in [-0.15, -0.1) is 0 Å². The van der Waals surface area contributed by atoms with Crippen LogP contribution in [-0.2, 0) is 4.79 Å². The zero-order chi connectivity index (χ0) is 18.0. The number of hydrogen-bond acceptors (Lipinski definition) is 4. The van der Waals surface area contributed by atoms with Crippen LogP contribution < -0.4 is 14.5 Å². The van der Waals surface area contributed by atoms with Gasteiger partial charge in [0, 0.05) is 11.1 Å². The van der Waals surface area contributed by atoms with E-state index in [9.17, 15) is 4.79 Å². The maximum Gasteiger partial charge on any atom is 0.280 e. The van der Waals surface area contributed by atoms with E-state index in [2.05, 4.69) is 5.10 Å². The highest BCUT2D eigenvalue weighted by atomic mass is 35.5. The van der Waals surface area contributed by atoms with Crippen molar-refractivity contribution < 1.29 is 14.3 Å². The lowest BCUT2D eigenvalue weighted by Crippen LogP contribution is -2.21. The van der Waals surface area contributed by atoms with Crippen LogP contribution in [0.1, 0.15) is 12.5 Å². The summed E-state index contributed by atoms with van der Waals surface area (Å²) in [6.45, 7) is 1.80. The Labute approximate surface area is 151 Å². The molecule has 0 aliphatic carbocycles. The fourth-order valence-electron chi connectivity index (χ4n) is 2.52. The van der Waals surface area contributed by atoms with Gasteiger partial charge in [0.25, 0.3) is 5.91 Å². The molecule has 6 heteroatoms. The predicted octanol–water partition coefficient (Wildman–Crippen LogP) is 4.16. The van der Waals surface area contributed by atoms with Crippen LogP contribution in [0.2, 0.25) is 5.02 Å².